The number of methoxy groups -OCH3 is 2. The highest BCUT2D eigenvalue weighted by atomic mass is 32.1. The third-order valence-corrected chi connectivity index (χ3v) is 6.32. The summed E-state index contributed by atoms with van der Waals surface area (Å²) >= 11 is 1.57. The first-order valence-corrected chi connectivity index (χ1v) is 9.87. The molecule has 3 aromatic heterocycles. The molecule has 0 saturated carbocycles. The van der Waals surface area contributed by atoms with Crippen LogP contribution in [0.25, 0.3) is 26.3 Å². The first-order valence-electron chi connectivity index (χ1n) is 9.05. The summed E-state index contributed by atoms with van der Waals surface area (Å²) in [5, 5.41) is 8.75. The Kier molecular flexibility index (Phi) is 4.06. The molecule has 1 aromatic carbocycles. The zero-order chi connectivity index (χ0) is 19.3. The van der Waals surface area contributed by atoms with Crippen LogP contribution in [0.2, 0.25) is 0 Å². The van der Waals surface area contributed by atoms with Gasteiger partial charge in [0.25, 0.3) is 0 Å². The summed E-state index contributed by atoms with van der Waals surface area (Å²) in [6.07, 6.45) is 2.57. The van der Waals surface area contributed by atoms with Crippen molar-refractivity contribution in [1.29, 1.82) is 0 Å². The molecular formula is C19H20N6O2S. The van der Waals surface area contributed by atoms with E-state index in [9.17, 15) is 0 Å². The van der Waals surface area contributed by atoms with E-state index in [1.165, 1.54) is 6.33 Å². The first-order chi connectivity index (χ1) is 13.7. The van der Waals surface area contributed by atoms with Crippen molar-refractivity contribution in [2.24, 2.45) is 0 Å². The highest BCUT2D eigenvalue weighted by Crippen LogP contribution is 2.42. The van der Waals surface area contributed by atoms with Crippen LogP contribution in [0.5, 0.6) is 11.5 Å². The molecule has 0 aliphatic carbocycles. The van der Waals surface area contributed by atoms with Crippen LogP contribution in [0.3, 0.4) is 0 Å². The maximum atomic E-state index is 6.25. The van der Waals surface area contributed by atoms with Gasteiger partial charge in [-0.3, -0.25) is 0 Å². The van der Waals surface area contributed by atoms with Crippen LogP contribution in [0, 0.1) is 0 Å². The largest absolute Gasteiger partial charge is 0.497 e. The lowest BCUT2D eigenvalue weighted by Gasteiger charge is -2.07. The Balaban J connectivity index is 1.75. The molecule has 1 aliphatic heterocycles. The summed E-state index contributed by atoms with van der Waals surface area (Å²) in [5.74, 6) is 2.29. The van der Waals surface area contributed by atoms with Gasteiger partial charge in [-0.05, 0) is 19.0 Å². The fourth-order valence-electron chi connectivity index (χ4n) is 3.82. The molecule has 1 saturated heterocycles. The van der Waals surface area contributed by atoms with Gasteiger partial charge >= 0.3 is 0 Å². The van der Waals surface area contributed by atoms with Gasteiger partial charge in [-0.15, -0.1) is 11.3 Å². The second kappa shape index (κ2) is 6.61. The SMILES string of the molecule is COc1cc(OC)c2sc(-c3cc([C@H]4CCNC4)n4ncnc(N)c34)nc2c1. The molecule has 0 amide bonds. The molecule has 1 aliphatic rings. The van der Waals surface area contributed by atoms with Crippen molar-refractivity contribution in [3.8, 4) is 22.1 Å². The number of nitrogens with two attached hydrogens (primary N) is 1. The van der Waals surface area contributed by atoms with Gasteiger partial charge in [-0.2, -0.15) is 5.10 Å². The number of hydrogen-bond donors (Lipinski definition) is 2. The van der Waals surface area contributed by atoms with Gasteiger partial charge in [0.2, 0.25) is 0 Å². The van der Waals surface area contributed by atoms with E-state index in [2.05, 4.69) is 21.5 Å². The Labute approximate surface area is 165 Å². The Morgan fingerprint density at radius 3 is 2.89 bits per heavy atom. The number of benzene rings is 1. The van der Waals surface area contributed by atoms with E-state index in [0.717, 1.165) is 57.3 Å². The van der Waals surface area contributed by atoms with Gasteiger partial charge in [0.1, 0.15) is 28.4 Å². The Morgan fingerprint density at radius 2 is 2.14 bits per heavy atom. The molecule has 5 rings (SSSR count). The van der Waals surface area contributed by atoms with Gasteiger partial charge in [-0.25, -0.2) is 14.5 Å². The molecule has 9 heteroatoms. The van der Waals surface area contributed by atoms with Crippen LogP contribution in [-0.2, 0) is 0 Å². The fourth-order valence-corrected chi connectivity index (χ4v) is 4.87. The molecule has 0 bridgehead atoms. The average molecular weight is 396 g/mol. The molecule has 0 radical (unpaired) electrons. The number of nitrogens with one attached hydrogen (secondary N) is 1. The second-order valence-electron chi connectivity index (χ2n) is 6.78. The molecule has 3 N–H and O–H groups in total. The number of fused-ring (bicyclic) bond motifs is 2. The molecule has 1 fully saturated rings. The van der Waals surface area contributed by atoms with Crippen LogP contribution >= 0.6 is 11.3 Å². The van der Waals surface area contributed by atoms with Gasteiger partial charge in [0.15, 0.2) is 5.82 Å². The van der Waals surface area contributed by atoms with Crippen LogP contribution in [-0.4, -0.2) is 46.9 Å². The minimum absolute atomic E-state index is 0.388. The smallest absolute Gasteiger partial charge is 0.152 e. The lowest BCUT2D eigenvalue weighted by Crippen LogP contribution is -2.10. The van der Waals surface area contributed by atoms with Crippen molar-refractivity contribution >= 4 is 32.9 Å². The normalized spacial score (nSPS) is 16.9. The van der Waals surface area contributed by atoms with Crippen LogP contribution in [0.1, 0.15) is 18.0 Å². The van der Waals surface area contributed by atoms with Gasteiger partial charge in [0, 0.05) is 35.9 Å². The quantitative estimate of drug-likeness (QED) is 0.547. The molecular weight excluding hydrogens is 376 g/mol. The summed E-state index contributed by atoms with van der Waals surface area (Å²) < 4.78 is 13.8. The summed E-state index contributed by atoms with van der Waals surface area (Å²) in [6, 6.07) is 5.94. The monoisotopic (exact) mass is 396 g/mol. The molecule has 28 heavy (non-hydrogen) atoms. The molecule has 4 aromatic rings. The maximum absolute atomic E-state index is 6.25. The van der Waals surface area contributed by atoms with E-state index in [0.29, 0.717) is 17.5 Å². The zero-order valence-electron chi connectivity index (χ0n) is 15.6. The van der Waals surface area contributed by atoms with Gasteiger partial charge in [0.05, 0.1) is 24.4 Å². The fraction of sp³-hybridized carbons (Fsp3) is 0.316. The third kappa shape index (κ3) is 2.58. The number of thiazole rings is 1. The maximum Gasteiger partial charge on any atom is 0.152 e. The van der Waals surface area contributed by atoms with E-state index in [4.69, 9.17) is 20.2 Å². The molecule has 1 atom stereocenters. The van der Waals surface area contributed by atoms with Crippen molar-refractivity contribution in [3.63, 3.8) is 0 Å². The van der Waals surface area contributed by atoms with Gasteiger partial charge < -0.3 is 20.5 Å². The minimum Gasteiger partial charge on any atom is -0.497 e. The van der Waals surface area contributed by atoms with Gasteiger partial charge in [-0.1, -0.05) is 0 Å². The highest BCUT2D eigenvalue weighted by molar-refractivity contribution is 7.22. The van der Waals surface area contributed by atoms with Crippen molar-refractivity contribution in [2.45, 2.75) is 12.3 Å². The van der Waals surface area contributed by atoms with Crippen LogP contribution in [0.15, 0.2) is 24.5 Å². The number of ether oxygens (including phenoxy) is 2. The Morgan fingerprint density at radius 1 is 1.25 bits per heavy atom. The standard InChI is InChI=1S/C19H20N6O2S/c1-26-11-5-13-17(15(6-11)27-2)28-19(24-13)12-7-14(10-3-4-21-8-10)25-16(12)18(20)22-9-23-25/h5-7,9-10,21H,3-4,8H2,1-2H3,(H2,20,22,23)/t10-/m0/s1. The van der Waals surface area contributed by atoms with E-state index >= 15 is 0 Å². The number of nitrogen functional groups attached to an aromatic ring is 1. The van der Waals surface area contributed by atoms with E-state index in [1.807, 2.05) is 16.6 Å². The second-order valence-corrected chi connectivity index (χ2v) is 7.77. The zero-order valence-corrected chi connectivity index (χ0v) is 16.4. The summed E-state index contributed by atoms with van der Waals surface area (Å²) in [4.78, 5) is 9.06. The number of aromatic nitrogens is 4. The molecule has 4 heterocycles. The predicted molar refractivity (Wildman–Crippen MR) is 109 cm³/mol. The number of anilines is 1. The lowest BCUT2D eigenvalue weighted by atomic mass is 10.0. The summed E-state index contributed by atoms with van der Waals surface area (Å²) in [6.45, 7) is 1.94. The van der Waals surface area contributed by atoms with Crippen molar-refractivity contribution in [3.05, 3.63) is 30.2 Å². The van der Waals surface area contributed by atoms with E-state index < -0.39 is 0 Å². The van der Waals surface area contributed by atoms with Crippen LogP contribution in [0.4, 0.5) is 5.82 Å². The number of nitrogens with zero attached hydrogens (tertiary/aromatic N) is 4. The molecule has 0 spiro atoms. The molecule has 0 unspecified atom stereocenters. The highest BCUT2D eigenvalue weighted by Gasteiger charge is 2.25. The number of rotatable bonds is 4. The van der Waals surface area contributed by atoms with E-state index in [1.54, 1.807) is 25.6 Å². The summed E-state index contributed by atoms with van der Waals surface area (Å²) in [5.41, 5.74) is 9.95. The van der Waals surface area contributed by atoms with Crippen molar-refractivity contribution in [1.82, 2.24) is 24.9 Å². The third-order valence-electron chi connectivity index (χ3n) is 5.20. The first kappa shape index (κ1) is 17.2. The minimum atomic E-state index is 0.388. The average Bonchev–Trinajstić information content (AvgIpc) is 3.44. The topological polar surface area (TPSA) is 99.6 Å². The van der Waals surface area contributed by atoms with Crippen LogP contribution < -0.4 is 20.5 Å². The van der Waals surface area contributed by atoms with Crippen molar-refractivity contribution < 1.29 is 9.47 Å². The summed E-state index contributed by atoms with van der Waals surface area (Å²) in [7, 11) is 3.29. The van der Waals surface area contributed by atoms with Crippen molar-refractivity contribution in [2.75, 3.05) is 33.0 Å². The Bertz CT molecular complexity index is 1180. The molecule has 8 nitrogen and oxygen atoms in total. The lowest BCUT2D eigenvalue weighted by molar-refractivity contribution is 0.398. The predicted octanol–water partition coefficient (Wildman–Crippen LogP) is 2.68. The molecule has 144 valence electrons. The van der Waals surface area contributed by atoms with E-state index in [-0.39, 0.29) is 0 Å². The Hall–Kier alpha value is -2.91. The number of hydrogen-bond acceptors (Lipinski definition) is 8.